The summed E-state index contributed by atoms with van der Waals surface area (Å²) in [5, 5.41) is 0. The highest BCUT2D eigenvalue weighted by molar-refractivity contribution is 5.94. The quantitative estimate of drug-likeness (QED) is 0.866. The summed E-state index contributed by atoms with van der Waals surface area (Å²) in [4.78, 5) is 16.8. The summed E-state index contributed by atoms with van der Waals surface area (Å²) < 4.78 is 0. The number of amides is 1. The minimum atomic E-state index is 0.126. The summed E-state index contributed by atoms with van der Waals surface area (Å²) in [7, 11) is 0. The fourth-order valence-corrected chi connectivity index (χ4v) is 2.81. The van der Waals surface area contributed by atoms with Crippen LogP contribution in [0.1, 0.15) is 15.9 Å². The molecule has 2 aromatic rings. The first-order valence-electron chi connectivity index (χ1n) is 7.60. The molecule has 1 aliphatic heterocycles. The maximum absolute atomic E-state index is 12.5. The molecule has 1 saturated heterocycles. The first-order valence-corrected chi connectivity index (χ1v) is 7.60. The molecule has 0 radical (unpaired) electrons. The lowest BCUT2D eigenvalue weighted by Crippen LogP contribution is -2.48. The number of carbonyl (C=O) groups is 1. The van der Waals surface area contributed by atoms with E-state index < -0.39 is 0 Å². The molecule has 2 aromatic carbocycles. The first kappa shape index (κ1) is 14.4. The third kappa shape index (κ3) is 3.06. The average molecular weight is 295 g/mol. The molecule has 0 spiro atoms. The number of piperazine rings is 1. The van der Waals surface area contributed by atoms with Gasteiger partial charge in [0.2, 0.25) is 0 Å². The van der Waals surface area contributed by atoms with Crippen molar-refractivity contribution in [1.82, 2.24) is 4.90 Å². The van der Waals surface area contributed by atoms with E-state index in [1.54, 1.807) is 0 Å². The molecule has 4 nitrogen and oxygen atoms in total. The number of hydrogen-bond acceptors (Lipinski definition) is 3. The zero-order valence-electron chi connectivity index (χ0n) is 12.8. The summed E-state index contributed by atoms with van der Waals surface area (Å²) in [5.74, 6) is 0.126. The molecule has 1 heterocycles. The van der Waals surface area contributed by atoms with E-state index in [2.05, 4.69) is 4.90 Å². The number of anilines is 2. The predicted molar refractivity (Wildman–Crippen MR) is 90.1 cm³/mol. The SMILES string of the molecule is Cc1cccc(C(=O)N2CCN(c3ccc(N)cc3)CC2)c1. The zero-order valence-corrected chi connectivity index (χ0v) is 12.8. The van der Waals surface area contributed by atoms with Gasteiger partial charge in [-0.3, -0.25) is 4.79 Å². The fraction of sp³-hybridized carbons (Fsp3) is 0.278. The van der Waals surface area contributed by atoms with Crippen LogP contribution in [-0.4, -0.2) is 37.0 Å². The first-order chi connectivity index (χ1) is 10.6. The normalized spacial score (nSPS) is 15.0. The van der Waals surface area contributed by atoms with Gasteiger partial charge in [-0.05, 0) is 43.3 Å². The number of aryl methyl sites for hydroxylation is 1. The molecule has 0 aromatic heterocycles. The highest BCUT2D eigenvalue weighted by atomic mass is 16.2. The molecular weight excluding hydrogens is 274 g/mol. The van der Waals surface area contributed by atoms with Crippen LogP contribution >= 0.6 is 0 Å². The van der Waals surface area contributed by atoms with Gasteiger partial charge in [-0.2, -0.15) is 0 Å². The number of nitrogens with two attached hydrogens (primary N) is 1. The van der Waals surface area contributed by atoms with Gasteiger partial charge in [0.15, 0.2) is 0 Å². The summed E-state index contributed by atoms with van der Waals surface area (Å²) >= 11 is 0. The highest BCUT2D eigenvalue weighted by Gasteiger charge is 2.22. The maximum Gasteiger partial charge on any atom is 0.253 e. The molecule has 0 atom stereocenters. The average Bonchev–Trinajstić information content (AvgIpc) is 2.55. The van der Waals surface area contributed by atoms with E-state index in [4.69, 9.17) is 5.73 Å². The van der Waals surface area contributed by atoms with E-state index in [0.717, 1.165) is 48.7 Å². The van der Waals surface area contributed by atoms with E-state index in [-0.39, 0.29) is 5.91 Å². The van der Waals surface area contributed by atoms with Gasteiger partial charge in [-0.1, -0.05) is 17.7 Å². The van der Waals surface area contributed by atoms with E-state index in [1.807, 2.05) is 60.4 Å². The standard InChI is InChI=1S/C18H21N3O/c1-14-3-2-4-15(13-14)18(22)21-11-9-20(10-12-21)17-7-5-16(19)6-8-17/h2-8,13H,9-12,19H2,1H3. The lowest BCUT2D eigenvalue weighted by Gasteiger charge is -2.36. The number of hydrogen-bond donors (Lipinski definition) is 1. The lowest BCUT2D eigenvalue weighted by molar-refractivity contribution is 0.0746. The Bertz CT molecular complexity index is 658. The van der Waals surface area contributed by atoms with Gasteiger partial charge >= 0.3 is 0 Å². The molecule has 1 aliphatic rings. The second-order valence-electron chi connectivity index (χ2n) is 5.74. The van der Waals surface area contributed by atoms with Gasteiger partial charge < -0.3 is 15.5 Å². The Morgan fingerprint density at radius 1 is 1.00 bits per heavy atom. The van der Waals surface area contributed by atoms with E-state index >= 15 is 0 Å². The Morgan fingerprint density at radius 2 is 1.68 bits per heavy atom. The van der Waals surface area contributed by atoms with Crippen molar-refractivity contribution in [1.29, 1.82) is 0 Å². The number of nitrogen functional groups attached to an aromatic ring is 1. The second kappa shape index (κ2) is 6.10. The summed E-state index contributed by atoms with van der Waals surface area (Å²) in [6.07, 6.45) is 0. The van der Waals surface area contributed by atoms with Crippen molar-refractivity contribution < 1.29 is 4.79 Å². The Balaban J connectivity index is 1.64. The number of benzene rings is 2. The van der Waals surface area contributed by atoms with Crippen LogP contribution in [0.5, 0.6) is 0 Å². The third-order valence-corrected chi connectivity index (χ3v) is 4.09. The van der Waals surface area contributed by atoms with Gasteiger partial charge in [-0.25, -0.2) is 0 Å². The Hall–Kier alpha value is -2.49. The fourth-order valence-electron chi connectivity index (χ4n) is 2.81. The molecule has 0 unspecified atom stereocenters. The molecule has 4 heteroatoms. The van der Waals surface area contributed by atoms with Crippen molar-refractivity contribution in [3.63, 3.8) is 0 Å². The minimum absolute atomic E-state index is 0.126. The molecule has 0 bridgehead atoms. The molecule has 2 N–H and O–H groups in total. The van der Waals surface area contributed by atoms with Crippen molar-refractivity contribution in [3.8, 4) is 0 Å². The van der Waals surface area contributed by atoms with Crippen molar-refractivity contribution in [2.75, 3.05) is 36.8 Å². The van der Waals surface area contributed by atoms with Crippen LogP contribution < -0.4 is 10.6 Å². The van der Waals surface area contributed by atoms with Gasteiger partial charge in [0.05, 0.1) is 0 Å². The van der Waals surface area contributed by atoms with Crippen LogP contribution in [0.4, 0.5) is 11.4 Å². The van der Waals surface area contributed by atoms with Crippen molar-refractivity contribution in [2.45, 2.75) is 6.92 Å². The molecule has 1 amide bonds. The number of nitrogens with zero attached hydrogens (tertiary/aromatic N) is 2. The molecule has 0 aliphatic carbocycles. The van der Waals surface area contributed by atoms with Crippen LogP contribution in [0.3, 0.4) is 0 Å². The zero-order chi connectivity index (χ0) is 15.5. The van der Waals surface area contributed by atoms with E-state index in [1.165, 1.54) is 0 Å². The van der Waals surface area contributed by atoms with Gasteiger partial charge in [0, 0.05) is 43.1 Å². The predicted octanol–water partition coefficient (Wildman–Crippen LogP) is 2.54. The smallest absolute Gasteiger partial charge is 0.253 e. The Morgan fingerprint density at radius 3 is 2.32 bits per heavy atom. The molecule has 0 saturated carbocycles. The molecule has 3 rings (SSSR count). The molecular formula is C18H21N3O. The maximum atomic E-state index is 12.5. The topological polar surface area (TPSA) is 49.6 Å². The second-order valence-corrected chi connectivity index (χ2v) is 5.74. The van der Waals surface area contributed by atoms with E-state index in [9.17, 15) is 4.79 Å². The molecule has 1 fully saturated rings. The van der Waals surface area contributed by atoms with Crippen molar-refractivity contribution in [3.05, 3.63) is 59.7 Å². The monoisotopic (exact) mass is 295 g/mol. The molecule has 22 heavy (non-hydrogen) atoms. The van der Waals surface area contributed by atoms with Gasteiger partial charge in [-0.15, -0.1) is 0 Å². The highest BCUT2D eigenvalue weighted by Crippen LogP contribution is 2.19. The van der Waals surface area contributed by atoms with Crippen LogP contribution in [0.15, 0.2) is 48.5 Å². The minimum Gasteiger partial charge on any atom is -0.399 e. The largest absolute Gasteiger partial charge is 0.399 e. The summed E-state index contributed by atoms with van der Waals surface area (Å²) in [6, 6.07) is 15.7. The molecule has 114 valence electrons. The van der Waals surface area contributed by atoms with Gasteiger partial charge in [0.1, 0.15) is 0 Å². The van der Waals surface area contributed by atoms with Crippen molar-refractivity contribution in [2.24, 2.45) is 0 Å². The van der Waals surface area contributed by atoms with Crippen LogP contribution in [0.25, 0.3) is 0 Å². The number of rotatable bonds is 2. The Kier molecular flexibility index (Phi) is 4.00. The van der Waals surface area contributed by atoms with Gasteiger partial charge in [0.25, 0.3) is 5.91 Å². The van der Waals surface area contributed by atoms with Crippen LogP contribution in [0.2, 0.25) is 0 Å². The van der Waals surface area contributed by atoms with Crippen LogP contribution in [-0.2, 0) is 0 Å². The van der Waals surface area contributed by atoms with Crippen molar-refractivity contribution >= 4 is 17.3 Å². The Labute approximate surface area is 131 Å². The lowest BCUT2D eigenvalue weighted by atomic mass is 10.1. The van der Waals surface area contributed by atoms with Crippen LogP contribution in [0, 0.1) is 6.92 Å². The number of carbonyl (C=O) groups excluding carboxylic acids is 1. The van der Waals surface area contributed by atoms with E-state index in [0.29, 0.717) is 0 Å². The third-order valence-electron chi connectivity index (χ3n) is 4.09. The summed E-state index contributed by atoms with van der Waals surface area (Å²) in [5.41, 5.74) is 9.56. The summed E-state index contributed by atoms with van der Waals surface area (Å²) in [6.45, 7) is 5.20.